The Bertz CT molecular complexity index is 501. The van der Waals surface area contributed by atoms with Crippen LogP contribution in [0.1, 0.15) is 26.2 Å². The van der Waals surface area contributed by atoms with E-state index in [9.17, 15) is 8.42 Å². The minimum atomic E-state index is -3.11. The summed E-state index contributed by atoms with van der Waals surface area (Å²) in [5, 5.41) is 4.05. The Morgan fingerprint density at radius 1 is 1.39 bits per heavy atom. The van der Waals surface area contributed by atoms with Crippen LogP contribution in [0, 0.1) is 0 Å². The summed E-state index contributed by atoms with van der Waals surface area (Å²) >= 11 is 2.03. The summed E-state index contributed by atoms with van der Waals surface area (Å²) in [6.07, 6.45) is 4.33. The van der Waals surface area contributed by atoms with Crippen molar-refractivity contribution in [2.45, 2.75) is 37.5 Å². The summed E-state index contributed by atoms with van der Waals surface area (Å²) < 4.78 is 25.2. The predicted octanol–water partition coefficient (Wildman–Crippen LogP) is 1.43. The van der Waals surface area contributed by atoms with Crippen LogP contribution in [0.15, 0.2) is 4.99 Å². The number of rotatable bonds is 4. The van der Waals surface area contributed by atoms with E-state index in [-0.39, 0.29) is 30.0 Å². The van der Waals surface area contributed by atoms with E-state index in [1.54, 1.807) is 11.4 Å². The summed E-state index contributed by atoms with van der Waals surface area (Å²) in [6, 6.07) is 0.0490. The van der Waals surface area contributed by atoms with Crippen LogP contribution >= 0.6 is 35.7 Å². The number of halogens is 1. The first-order valence-electron chi connectivity index (χ1n) is 7.99. The molecule has 1 unspecified atom stereocenters. The number of nitrogens with one attached hydrogen (secondary N) is 1. The summed E-state index contributed by atoms with van der Waals surface area (Å²) in [6.45, 7) is 5.52. The van der Waals surface area contributed by atoms with Gasteiger partial charge in [-0.15, -0.1) is 24.0 Å². The molecule has 6 nitrogen and oxygen atoms in total. The van der Waals surface area contributed by atoms with Crippen LogP contribution in [0.25, 0.3) is 0 Å². The fourth-order valence-corrected chi connectivity index (χ4v) is 5.51. The predicted molar refractivity (Wildman–Crippen MR) is 109 cm³/mol. The zero-order chi connectivity index (χ0) is 16.2. The molecule has 0 saturated carbocycles. The molecule has 0 radical (unpaired) electrons. The van der Waals surface area contributed by atoms with E-state index in [0.29, 0.717) is 18.3 Å². The van der Waals surface area contributed by atoms with Gasteiger partial charge in [0.2, 0.25) is 10.0 Å². The lowest BCUT2D eigenvalue weighted by Crippen LogP contribution is -2.51. The first-order chi connectivity index (χ1) is 10.5. The van der Waals surface area contributed by atoms with Crippen LogP contribution in [0.4, 0.5) is 0 Å². The molecule has 23 heavy (non-hydrogen) atoms. The molecule has 2 atom stereocenters. The van der Waals surface area contributed by atoms with Crippen molar-refractivity contribution >= 4 is 51.7 Å². The molecule has 2 aliphatic heterocycles. The second kappa shape index (κ2) is 9.67. The van der Waals surface area contributed by atoms with Crippen molar-refractivity contribution in [1.29, 1.82) is 0 Å². The first kappa shape index (κ1) is 21.3. The van der Waals surface area contributed by atoms with Gasteiger partial charge in [0.05, 0.1) is 6.26 Å². The molecule has 0 aromatic carbocycles. The lowest BCUT2D eigenvalue weighted by Gasteiger charge is -2.35. The molecular weight excluding hydrogens is 447 g/mol. The average Bonchev–Trinajstić information content (AvgIpc) is 2.97. The van der Waals surface area contributed by atoms with E-state index in [4.69, 9.17) is 0 Å². The molecule has 2 saturated heterocycles. The van der Waals surface area contributed by atoms with Gasteiger partial charge in [-0.2, -0.15) is 16.1 Å². The van der Waals surface area contributed by atoms with Gasteiger partial charge < -0.3 is 10.2 Å². The maximum Gasteiger partial charge on any atom is 0.211 e. The molecule has 2 aliphatic rings. The zero-order valence-corrected chi connectivity index (χ0v) is 18.2. The van der Waals surface area contributed by atoms with Crippen molar-refractivity contribution in [3.05, 3.63) is 0 Å². The lowest BCUT2D eigenvalue weighted by atomic mass is 10.2. The number of thioether (sulfide) groups is 1. The molecule has 0 spiro atoms. The third-order valence-corrected chi connectivity index (χ3v) is 7.06. The summed E-state index contributed by atoms with van der Waals surface area (Å²) in [5.41, 5.74) is 0. The highest BCUT2D eigenvalue weighted by Gasteiger charge is 2.31. The van der Waals surface area contributed by atoms with Gasteiger partial charge in [0.15, 0.2) is 5.96 Å². The molecule has 2 fully saturated rings. The molecule has 0 amide bonds. The third-order valence-electron chi connectivity index (χ3n) is 4.35. The Hall–Kier alpha value is 0.260. The van der Waals surface area contributed by atoms with Crippen molar-refractivity contribution in [1.82, 2.24) is 14.5 Å². The number of hydrogen-bond acceptors (Lipinski definition) is 4. The van der Waals surface area contributed by atoms with E-state index in [2.05, 4.69) is 22.1 Å². The Morgan fingerprint density at radius 3 is 2.74 bits per heavy atom. The molecule has 136 valence electrons. The summed E-state index contributed by atoms with van der Waals surface area (Å²) in [7, 11) is -1.31. The Labute approximate surface area is 161 Å². The van der Waals surface area contributed by atoms with Crippen molar-refractivity contribution in [3.8, 4) is 0 Å². The van der Waals surface area contributed by atoms with Crippen LogP contribution in [-0.2, 0) is 10.0 Å². The molecule has 0 aliphatic carbocycles. The van der Waals surface area contributed by atoms with E-state index in [1.807, 2.05) is 11.8 Å². The van der Waals surface area contributed by atoms with Gasteiger partial charge >= 0.3 is 0 Å². The molecule has 2 rings (SSSR count). The quantitative estimate of drug-likeness (QED) is 0.378. The van der Waals surface area contributed by atoms with Crippen LogP contribution in [0.5, 0.6) is 0 Å². The van der Waals surface area contributed by atoms with Gasteiger partial charge in [0, 0.05) is 50.3 Å². The lowest BCUT2D eigenvalue weighted by molar-refractivity contribution is 0.370. The zero-order valence-electron chi connectivity index (χ0n) is 14.2. The van der Waals surface area contributed by atoms with Gasteiger partial charge in [0.1, 0.15) is 0 Å². The van der Waals surface area contributed by atoms with Gasteiger partial charge in [-0.05, 0) is 19.3 Å². The summed E-state index contributed by atoms with van der Waals surface area (Å²) in [4.78, 5) is 6.68. The maximum atomic E-state index is 11.8. The van der Waals surface area contributed by atoms with Crippen molar-refractivity contribution in [3.63, 3.8) is 0 Å². The summed E-state index contributed by atoms with van der Waals surface area (Å²) in [5.74, 6) is 2.03. The molecule has 9 heteroatoms. The fourth-order valence-electron chi connectivity index (χ4n) is 3.15. The standard InChI is InChI=1S/C14H28N4O2S2.HI/c1-4-13-11-17(8-9-21-13)14(15-2)16-10-12-6-5-7-18(12)22(3,19)20;/h12-13H,4-11H2,1-3H3,(H,15,16);1H/t12-,13?;/m1./s1. The molecule has 0 aromatic heterocycles. The molecular formula is C14H29IN4O2S2. The average molecular weight is 476 g/mol. The van der Waals surface area contributed by atoms with Crippen LogP contribution in [-0.4, -0.2) is 80.1 Å². The van der Waals surface area contributed by atoms with Crippen molar-refractivity contribution in [2.24, 2.45) is 4.99 Å². The van der Waals surface area contributed by atoms with Crippen LogP contribution in [0.3, 0.4) is 0 Å². The van der Waals surface area contributed by atoms with Gasteiger partial charge in [-0.25, -0.2) is 8.42 Å². The minimum Gasteiger partial charge on any atom is -0.355 e. The van der Waals surface area contributed by atoms with Gasteiger partial charge in [-0.1, -0.05) is 6.92 Å². The normalized spacial score (nSPS) is 26.9. The Morgan fingerprint density at radius 2 is 2.13 bits per heavy atom. The maximum absolute atomic E-state index is 11.8. The SMILES string of the molecule is CCC1CN(C(=NC)NC[C@H]2CCCN2S(C)(=O)=O)CCS1.I. The monoisotopic (exact) mass is 476 g/mol. The van der Waals surface area contributed by atoms with Crippen molar-refractivity contribution < 1.29 is 8.42 Å². The number of hydrogen-bond donors (Lipinski definition) is 1. The van der Waals surface area contributed by atoms with Gasteiger partial charge in [-0.3, -0.25) is 4.99 Å². The van der Waals surface area contributed by atoms with Crippen molar-refractivity contribution in [2.75, 3.05) is 45.2 Å². The fraction of sp³-hybridized carbons (Fsp3) is 0.929. The second-order valence-electron chi connectivity index (χ2n) is 5.94. The van der Waals surface area contributed by atoms with Crippen LogP contribution in [0.2, 0.25) is 0 Å². The Balaban J connectivity index is 0.00000264. The number of guanidine groups is 1. The second-order valence-corrected chi connectivity index (χ2v) is 9.29. The highest BCUT2D eigenvalue weighted by atomic mass is 127. The van der Waals surface area contributed by atoms with E-state index >= 15 is 0 Å². The van der Waals surface area contributed by atoms with Crippen LogP contribution < -0.4 is 5.32 Å². The topological polar surface area (TPSA) is 65.0 Å². The molecule has 0 bridgehead atoms. The van der Waals surface area contributed by atoms with E-state index in [1.165, 1.54) is 12.7 Å². The largest absolute Gasteiger partial charge is 0.355 e. The number of nitrogens with zero attached hydrogens (tertiary/aromatic N) is 3. The highest BCUT2D eigenvalue weighted by Crippen LogP contribution is 2.22. The van der Waals surface area contributed by atoms with E-state index < -0.39 is 10.0 Å². The van der Waals surface area contributed by atoms with Gasteiger partial charge in [0.25, 0.3) is 0 Å². The smallest absolute Gasteiger partial charge is 0.211 e. The molecule has 0 aromatic rings. The third kappa shape index (κ3) is 5.93. The number of aliphatic imine (C=N–C) groups is 1. The molecule has 2 heterocycles. The van der Waals surface area contributed by atoms with E-state index in [0.717, 1.165) is 37.6 Å². The Kier molecular flexibility index (Phi) is 8.95. The first-order valence-corrected chi connectivity index (χ1v) is 10.9. The highest BCUT2D eigenvalue weighted by molar-refractivity contribution is 14.0. The number of sulfonamides is 1. The minimum absolute atomic E-state index is 0. The molecule has 1 N–H and O–H groups in total.